The van der Waals surface area contributed by atoms with Crippen LogP contribution in [0.15, 0.2) is 6.33 Å². The van der Waals surface area contributed by atoms with Crippen LogP contribution in [0.25, 0.3) is 0 Å². The summed E-state index contributed by atoms with van der Waals surface area (Å²) >= 11 is 1.43. The van der Waals surface area contributed by atoms with E-state index in [1.807, 2.05) is 25.9 Å². The van der Waals surface area contributed by atoms with Gasteiger partial charge in [-0.15, -0.1) is 11.3 Å². The smallest absolute Gasteiger partial charge is 0.310 e. The summed E-state index contributed by atoms with van der Waals surface area (Å²) in [4.78, 5) is 26.8. The van der Waals surface area contributed by atoms with Crippen molar-refractivity contribution in [3.05, 3.63) is 27.0 Å². The maximum absolute atomic E-state index is 11.6. The first-order valence-corrected chi connectivity index (χ1v) is 8.66. The van der Waals surface area contributed by atoms with Gasteiger partial charge in [0.05, 0.1) is 10.6 Å². The molecule has 1 fully saturated rings. The van der Waals surface area contributed by atoms with Crippen LogP contribution in [0.4, 0.5) is 22.5 Å². The van der Waals surface area contributed by atoms with Gasteiger partial charge in [0, 0.05) is 31.1 Å². The van der Waals surface area contributed by atoms with Crippen molar-refractivity contribution in [2.24, 2.45) is 0 Å². The highest BCUT2D eigenvalue weighted by molar-refractivity contribution is 7.15. The second-order valence-electron chi connectivity index (χ2n) is 5.86. The number of nitrogens with zero attached hydrogens (tertiary/aromatic N) is 6. The summed E-state index contributed by atoms with van der Waals surface area (Å²) in [5.41, 5.74) is 3.75. The molecule has 1 aliphatic heterocycles. The van der Waals surface area contributed by atoms with E-state index in [-0.39, 0.29) is 17.3 Å². The Morgan fingerprint density at radius 3 is 2.48 bits per heavy atom. The predicted molar refractivity (Wildman–Crippen MR) is 96.2 cm³/mol. The number of anilines is 3. The zero-order valence-corrected chi connectivity index (χ0v) is 15.1. The fourth-order valence-electron chi connectivity index (χ4n) is 2.42. The number of hydrogen-bond acceptors (Lipinski definition) is 10. The molecule has 2 aromatic heterocycles. The lowest BCUT2D eigenvalue weighted by molar-refractivity contribution is -0.383. The highest BCUT2D eigenvalue weighted by Gasteiger charge is 2.26. The van der Waals surface area contributed by atoms with Gasteiger partial charge in [-0.2, -0.15) is 0 Å². The molecule has 0 aromatic carbocycles. The second kappa shape index (κ2) is 7.25. The lowest BCUT2D eigenvalue weighted by Crippen LogP contribution is -2.47. The summed E-state index contributed by atoms with van der Waals surface area (Å²) < 4.78 is 0. The van der Waals surface area contributed by atoms with Crippen LogP contribution in [0.2, 0.25) is 0 Å². The van der Waals surface area contributed by atoms with Gasteiger partial charge in [-0.05, 0) is 20.9 Å². The first-order chi connectivity index (χ1) is 11.9. The molecular weight excluding hydrogens is 344 g/mol. The molecule has 0 aliphatic carbocycles. The van der Waals surface area contributed by atoms with Gasteiger partial charge in [-0.25, -0.2) is 20.0 Å². The zero-order valence-electron chi connectivity index (χ0n) is 14.3. The van der Waals surface area contributed by atoms with E-state index in [4.69, 9.17) is 0 Å². The van der Waals surface area contributed by atoms with E-state index < -0.39 is 4.92 Å². The molecule has 0 amide bonds. The molecule has 134 valence electrons. The van der Waals surface area contributed by atoms with E-state index in [1.165, 1.54) is 17.7 Å². The van der Waals surface area contributed by atoms with Crippen molar-refractivity contribution in [3.8, 4) is 0 Å². The van der Waals surface area contributed by atoms with Crippen molar-refractivity contribution in [1.29, 1.82) is 0 Å². The Balaban J connectivity index is 1.85. The molecule has 2 aromatic rings. The minimum absolute atomic E-state index is 0.130. The third-order valence-corrected chi connectivity index (χ3v) is 5.01. The van der Waals surface area contributed by atoms with Gasteiger partial charge in [0.15, 0.2) is 5.13 Å². The number of hydrazine groups is 1. The minimum atomic E-state index is -0.478. The molecule has 3 heterocycles. The predicted octanol–water partition coefficient (Wildman–Crippen LogP) is 1.78. The molecule has 3 rings (SSSR count). The highest BCUT2D eigenvalue weighted by atomic mass is 32.1. The standard InChI is InChI=1S/C14H20N8O2S/c1-9-10(2)25-14(17-9)18-12-11(22(23)24)13(16-8-15-12)19-21-6-4-20(3)5-7-21/h8H,4-7H2,1-3H3,(H2,15,16,17,18,19). The monoisotopic (exact) mass is 364 g/mol. The van der Waals surface area contributed by atoms with Crippen LogP contribution < -0.4 is 10.7 Å². The Hall–Kier alpha value is -2.37. The summed E-state index contributed by atoms with van der Waals surface area (Å²) in [6, 6.07) is 0. The fourth-order valence-corrected chi connectivity index (χ4v) is 3.23. The molecule has 0 unspecified atom stereocenters. The molecule has 0 atom stereocenters. The number of likely N-dealkylation sites (N-methyl/N-ethyl adjacent to an activating group) is 1. The van der Waals surface area contributed by atoms with Gasteiger partial charge in [-0.1, -0.05) is 0 Å². The second-order valence-corrected chi connectivity index (χ2v) is 7.07. The molecule has 0 saturated carbocycles. The SMILES string of the molecule is Cc1nc(Nc2ncnc(NN3CCN(C)CC3)c2[N+](=O)[O-])sc1C. The first-order valence-electron chi connectivity index (χ1n) is 7.84. The quantitative estimate of drug-likeness (QED) is 0.605. The molecule has 1 aliphatic rings. The van der Waals surface area contributed by atoms with Crippen molar-refractivity contribution < 1.29 is 4.92 Å². The molecule has 2 N–H and O–H groups in total. The number of hydrogen-bond donors (Lipinski definition) is 2. The Bertz CT molecular complexity index is 753. The van der Waals surface area contributed by atoms with Crippen LogP contribution in [0.5, 0.6) is 0 Å². The number of aryl methyl sites for hydroxylation is 2. The molecule has 25 heavy (non-hydrogen) atoms. The molecule has 0 spiro atoms. The third-order valence-electron chi connectivity index (χ3n) is 4.03. The Morgan fingerprint density at radius 2 is 1.88 bits per heavy atom. The van der Waals surface area contributed by atoms with E-state index in [1.54, 1.807) is 0 Å². The zero-order chi connectivity index (χ0) is 18.0. The lowest BCUT2D eigenvalue weighted by Gasteiger charge is -2.32. The van der Waals surface area contributed by atoms with Crippen LogP contribution in [0.3, 0.4) is 0 Å². The van der Waals surface area contributed by atoms with E-state index in [9.17, 15) is 10.1 Å². The molecule has 0 bridgehead atoms. The van der Waals surface area contributed by atoms with Gasteiger partial charge >= 0.3 is 5.69 Å². The average Bonchev–Trinajstić information content (AvgIpc) is 2.87. The largest absolute Gasteiger partial charge is 0.354 e. The van der Waals surface area contributed by atoms with E-state index in [2.05, 4.69) is 30.6 Å². The van der Waals surface area contributed by atoms with Crippen LogP contribution in [-0.2, 0) is 0 Å². The number of rotatable bonds is 5. The van der Waals surface area contributed by atoms with Gasteiger partial charge in [0.2, 0.25) is 11.6 Å². The minimum Gasteiger partial charge on any atom is -0.310 e. The summed E-state index contributed by atoms with van der Waals surface area (Å²) in [7, 11) is 2.05. The molecule has 0 radical (unpaired) electrons. The Kier molecular flexibility index (Phi) is 5.06. The van der Waals surface area contributed by atoms with Crippen molar-refractivity contribution in [3.63, 3.8) is 0 Å². The van der Waals surface area contributed by atoms with Crippen molar-refractivity contribution in [1.82, 2.24) is 24.9 Å². The van der Waals surface area contributed by atoms with E-state index >= 15 is 0 Å². The number of nitrogens with one attached hydrogen (secondary N) is 2. The summed E-state index contributed by atoms with van der Waals surface area (Å²) in [5, 5.41) is 17.0. The molecule has 11 heteroatoms. The number of thiazole rings is 1. The van der Waals surface area contributed by atoms with Crippen LogP contribution >= 0.6 is 11.3 Å². The third kappa shape index (κ3) is 4.00. The number of piperazine rings is 1. The number of nitro groups is 1. The maximum Gasteiger partial charge on any atom is 0.354 e. The van der Waals surface area contributed by atoms with Gasteiger partial charge in [0.25, 0.3) is 0 Å². The number of aromatic nitrogens is 3. The van der Waals surface area contributed by atoms with Gasteiger partial charge in [-0.3, -0.25) is 15.5 Å². The van der Waals surface area contributed by atoms with Gasteiger partial charge in [0.1, 0.15) is 6.33 Å². The highest BCUT2D eigenvalue weighted by Crippen LogP contribution is 2.33. The first kappa shape index (κ1) is 17.5. The fraction of sp³-hybridized carbons (Fsp3) is 0.500. The summed E-state index contributed by atoms with van der Waals surface area (Å²) in [6.07, 6.45) is 1.31. The lowest BCUT2D eigenvalue weighted by atomic mass is 10.4. The van der Waals surface area contributed by atoms with Crippen LogP contribution in [0, 0.1) is 24.0 Å². The Labute approximate surface area is 149 Å². The maximum atomic E-state index is 11.6. The topological polar surface area (TPSA) is 112 Å². The summed E-state index contributed by atoms with van der Waals surface area (Å²) in [6.45, 7) is 7.12. The molecule has 10 nitrogen and oxygen atoms in total. The molecule has 1 saturated heterocycles. The van der Waals surface area contributed by atoms with E-state index in [0.717, 1.165) is 36.8 Å². The Morgan fingerprint density at radius 1 is 1.20 bits per heavy atom. The van der Waals surface area contributed by atoms with Crippen molar-refractivity contribution in [2.45, 2.75) is 13.8 Å². The van der Waals surface area contributed by atoms with Crippen LogP contribution in [0.1, 0.15) is 10.6 Å². The van der Waals surface area contributed by atoms with Crippen LogP contribution in [-0.4, -0.2) is 63.0 Å². The molecular formula is C14H20N8O2S. The normalized spacial score (nSPS) is 16.0. The van der Waals surface area contributed by atoms with Crippen molar-refractivity contribution in [2.75, 3.05) is 44.0 Å². The average molecular weight is 364 g/mol. The van der Waals surface area contributed by atoms with E-state index in [0.29, 0.717) is 5.13 Å². The van der Waals surface area contributed by atoms with Crippen molar-refractivity contribution >= 4 is 33.8 Å². The van der Waals surface area contributed by atoms with Gasteiger partial charge < -0.3 is 10.2 Å². The summed E-state index contributed by atoms with van der Waals surface area (Å²) in [5.74, 6) is 0.308.